The number of alkyl carbamates (subject to hydrolysis) is 1. The number of hydrogen-bond donors (Lipinski definition) is 1. The highest BCUT2D eigenvalue weighted by Crippen LogP contribution is 2.36. The lowest BCUT2D eigenvalue weighted by Crippen LogP contribution is -2.65. The van der Waals surface area contributed by atoms with E-state index in [1.54, 1.807) is 0 Å². The van der Waals surface area contributed by atoms with Gasteiger partial charge in [-0.3, -0.25) is 0 Å². The summed E-state index contributed by atoms with van der Waals surface area (Å²) in [5.74, 6) is -0.712. The Bertz CT molecular complexity index is 398. The summed E-state index contributed by atoms with van der Waals surface area (Å²) in [6, 6.07) is -0.361. The summed E-state index contributed by atoms with van der Waals surface area (Å²) in [6.07, 6.45) is -2.12. The van der Waals surface area contributed by atoms with Crippen LogP contribution < -0.4 is 5.32 Å². The van der Waals surface area contributed by atoms with Crippen molar-refractivity contribution in [2.75, 3.05) is 6.61 Å². The molecule has 3 rings (SSSR count). The molecule has 114 valence electrons. The first-order valence-electron chi connectivity index (χ1n) is 6.95. The Morgan fingerprint density at radius 3 is 2.80 bits per heavy atom. The van der Waals surface area contributed by atoms with Gasteiger partial charge in [-0.15, -0.1) is 0 Å². The average Bonchev–Trinajstić information content (AvgIpc) is 2.71. The first-order valence-corrected chi connectivity index (χ1v) is 6.95. The van der Waals surface area contributed by atoms with Crippen molar-refractivity contribution >= 4 is 6.09 Å². The summed E-state index contributed by atoms with van der Waals surface area (Å²) in [5, 5.41) is 2.74. The van der Waals surface area contributed by atoms with Gasteiger partial charge in [0.1, 0.15) is 18.2 Å². The molecule has 0 saturated carbocycles. The fourth-order valence-corrected chi connectivity index (χ4v) is 2.80. The summed E-state index contributed by atoms with van der Waals surface area (Å²) in [6.45, 7) is 7.88. The molecule has 1 N–H and O–H groups in total. The minimum absolute atomic E-state index is 0.0171. The number of ether oxygens (including phenoxy) is 5. The Morgan fingerprint density at radius 2 is 2.10 bits per heavy atom. The monoisotopic (exact) mass is 287 g/mol. The van der Waals surface area contributed by atoms with Crippen LogP contribution in [0, 0.1) is 0 Å². The maximum atomic E-state index is 11.5. The zero-order valence-corrected chi connectivity index (χ0v) is 12.1. The summed E-state index contributed by atoms with van der Waals surface area (Å²) >= 11 is 0. The molecule has 0 aromatic carbocycles. The number of fused-ring (bicyclic) bond motifs is 3. The van der Waals surface area contributed by atoms with E-state index in [-0.39, 0.29) is 24.4 Å². The quantitative estimate of drug-likeness (QED) is 0.808. The fraction of sp³-hybridized carbons (Fsp3) is 0.923. The zero-order chi connectivity index (χ0) is 14.5. The van der Waals surface area contributed by atoms with Gasteiger partial charge in [0.05, 0.1) is 12.7 Å². The minimum Gasteiger partial charge on any atom is -0.441 e. The van der Waals surface area contributed by atoms with Gasteiger partial charge in [-0.1, -0.05) is 0 Å². The molecule has 0 aromatic rings. The zero-order valence-electron chi connectivity index (χ0n) is 12.1. The second kappa shape index (κ2) is 4.84. The molecule has 20 heavy (non-hydrogen) atoms. The molecule has 0 radical (unpaired) electrons. The van der Waals surface area contributed by atoms with E-state index in [4.69, 9.17) is 23.7 Å². The topological polar surface area (TPSA) is 75.2 Å². The molecule has 1 amide bonds. The van der Waals surface area contributed by atoms with Crippen LogP contribution in [0.15, 0.2) is 0 Å². The van der Waals surface area contributed by atoms with Gasteiger partial charge in [0.25, 0.3) is 0 Å². The lowest BCUT2D eigenvalue weighted by molar-refractivity contribution is -0.365. The highest BCUT2D eigenvalue weighted by molar-refractivity contribution is 5.70. The van der Waals surface area contributed by atoms with Crippen molar-refractivity contribution in [3.05, 3.63) is 0 Å². The normalized spacial score (nSPS) is 42.6. The number of nitrogens with one attached hydrogen (secondary N) is 1. The summed E-state index contributed by atoms with van der Waals surface area (Å²) in [5.41, 5.74) is 0. The molecule has 0 aromatic heterocycles. The lowest BCUT2D eigenvalue weighted by Gasteiger charge is -2.48. The number of amides is 1. The predicted molar refractivity (Wildman–Crippen MR) is 67.0 cm³/mol. The Morgan fingerprint density at radius 1 is 1.35 bits per heavy atom. The molecule has 0 aliphatic carbocycles. The third-order valence-electron chi connectivity index (χ3n) is 3.60. The molecule has 3 saturated heterocycles. The third-order valence-corrected chi connectivity index (χ3v) is 3.60. The van der Waals surface area contributed by atoms with Crippen molar-refractivity contribution < 1.29 is 28.5 Å². The first kappa shape index (κ1) is 14.1. The first-order chi connectivity index (χ1) is 9.35. The largest absolute Gasteiger partial charge is 0.441 e. The molecule has 0 bridgehead atoms. The van der Waals surface area contributed by atoms with Gasteiger partial charge in [0.15, 0.2) is 18.2 Å². The Balaban J connectivity index is 1.81. The smallest absolute Gasteiger partial charge is 0.408 e. The molecule has 7 heteroatoms. The Hall–Kier alpha value is -0.890. The second-order valence-electron chi connectivity index (χ2n) is 6.06. The fourth-order valence-electron chi connectivity index (χ4n) is 2.80. The van der Waals surface area contributed by atoms with Crippen LogP contribution in [0.5, 0.6) is 0 Å². The highest BCUT2D eigenvalue weighted by atomic mass is 16.8. The second-order valence-corrected chi connectivity index (χ2v) is 6.06. The maximum absolute atomic E-state index is 11.5. The van der Waals surface area contributed by atoms with Crippen LogP contribution >= 0.6 is 0 Å². The summed E-state index contributed by atoms with van der Waals surface area (Å²) in [7, 11) is 0. The van der Waals surface area contributed by atoms with Gasteiger partial charge < -0.3 is 29.0 Å². The van der Waals surface area contributed by atoms with Crippen molar-refractivity contribution in [1.82, 2.24) is 5.32 Å². The molecule has 7 nitrogen and oxygen atoms in total. The van der Waals surface area contributed by atoms with Gasteiger partial charge in [0.2, 0.25) is 0 Å². The van der Waals surface area contributed by atoms with Gasteiger partial charge in [-0.25, -0.2) is 4.79 Å². The van der Waals surface area contributed by atoms with Gasteiger partial charge in [0, 0.05) is 0 Å². The Kier molecular flexibility index (Phi) is 3.40. The van der Waals surface area contributed by atoms with Gasteiger partial charge in [-0.05, 0) is 27.7 Å². The molecule has 3 fully saturated rings. The lowest BCUT2D eigenvalue weighted by atomic mass is 9.96. The standard InChI is InChI=1S/C13H21NO6/c1-6(2)17-11-8-10(19-12(15)14-8)9-7(18-11)5-16-13(3,4)20-9/h6-11H,5H2,1-4H3,(H,14,15)/t7-,8-,9-,10+,11-/m1/s1. The summed E-state index contributed by atoms with van der Waals surface area (Å²) in [4.78, 5) is 11.5. The molecule has 5 atom stereocenters. The molecule has 0 unspecified atom stereocenters. The minimum atomic E-state index is -0.712. The van der Waals surface area contributed by atoms with E-state index >= 15 is 0 Å². The van der Waals surface area contributed by atoms with Crippen LogP contribution in [0.4, 0.5) is 4.79 Å². The number of carbonyl (C=O) groups is 1. The average molecular weight is 287 g/mol. The van der Waals surface area contributed by atoms with Crippen molar-refractivity contribution in [3.8, 4) is 0 Å². The van der Waals surface area contributed by atoms with Crippen molar-refractivity contribution in [3.63, 3.8) is 0 Å². The number of rotatable bonds is 2. The number of hydrogen-bond acceptors (Lipinski definition) is 6. The SMILES string of the molecule is CC(C)O[C@@H]1O[C@@H]2COC(C)(C)O[C@H]2[C@H]2OC(=O)N[C@@H]12. The maximum Gasteiger partial charge on any atom is 0.408 e. The van der Waals surface area contributed by atoms with Crippen LogP contribution in [0.2, 0.25) is 0 Å². The molecular formula is C13H21NO6. The summed E-state index contributed by atoms with van der Waals surface area (Å²) < 4.78 is 28.4. The van der Waals surface area contributed by atoms with Gasteiger partial charge >= 0.3 is 6.09 Å². The van der Waals surface area contributed by atoms with Crippen molar-refractivity contribution in [1.29, 1.82) is 0 Å². The van der Waals surface area contributed by atoms with E-state index in [9.17, 15) is 4.79 Å². The molecule has 0 spiro atoms. The van der Waals surface area contributed by atoms with Crippen LogP contribution in [-0.4, -0.2) is 55.2 Å². The van der Waals surface area contributed by atoms with Crippen LogP contribution in [0.1, 0.15) is 27.7 Å². The van der Waals surface area contributed by atoms with E-state index in [0.29, 0.717) is 6.61 Å². The molecule has 3 heterocycles. The Labute approximate surface area is 117 Å². The van der Waals surface area contributed by atoms with Crippen molar-refractivity contribution in [2.45, 2.75) is 70.2 Å². The number of carbonyl (C=O) groups excluding carboxylic acids is 1. The van der Waals surface area contributed by atoms with Crippen LogP contribution in [0.25, 0.3) is 0 Å². The van der Waals surface area contributed by atoms with Crippen LogP contribution in [0.3, 0.4) is 0 Å². The van der Waals surface area contributed by atoms with Crippen LogP contribution in [-0.2, 0) is 23.7 Å². The van der Waals surface area contributed by atoms with Crippen molar-refractivity contribution in [2.24, 2.45) is 0 Å². The van der Waals surface area contributed by atoms with E-state index in [1.807, 2.05) is 27.7 Å². The van der Waals surface area contributed by atoms with Gasteiger partial charge in [-0.2, -0.15) is 0 Å². The highest BCUT2D eigenvalue weighted by Gasteiger charge is 2.56. The van der Waals surface area contributed by atoms with E-state index in [0.717, 1.165) is 0 Å². The molecule has 3 aliphatic rings. The van der Waals surface area contributed by atoms with E-state index < -0.39 is 24.3 Å². The molecular weight excluding hydrogens is 266 g/mol. The predicted octanol–water partition coefficient (Wildman–Crippen LogP) is 0.765. The third kappa shape index (κ3) is 2.50. The van der Waals surface area contributed by atoms with E-state index in [1.165, 1.54) is 0 Å². The molecule has 3 aliphatic heterocycles. The van der Waals surface area contributed by atoms with E-state index in [2.05, 4.69) is 5.32 Å².